The fourth-order valence-corrected chi connectivity index (χ4v) is 1.72. The highest BCUT2D eigenvalue weighted by molar-refractivity contribution is 5.75. The van der Waals surface area contributed by atoms with Gasteiger partial charge in [0.05, 0.1) is 12.8 Å². The molecule has 1 aromatic carbocycles. The Morgan fingerprint density at radius 2 is 2.17 bits per heavy atom. The molecule has 0 bridgehead atoms. The van der Waals surface area contributed by atoms with E-state index in [1.807, 2.05) is 11.8 Å². The Morgan fingerprint density at radius 3 is 2.72 bits per heavy atom. The molecule has 0 aromatic heterocycles. The minimum Gasteiger partial charge on any atom is -0.468 e. The van der Waals surface area contributed by atoms with Crippen molar-refractivity contribution in [3.63, 3.8) is 0 Å². The van der Waals surface area contributed by atoms with Crippen LogP contribution in [0.1, 0.15) is 13.3 Å². The molecule has 0 spiro atoms. The monoisotopic (exact) mass is 254 g/mol. The molecule has 4 nitrogen and oxygen atoms in total. The zero-order valence-corrected chi connectivity index (χ0v) is 10.7. The zero-order chi connectivity index (χ0) is 13.5. The number of anilines is 1. The zero-order valence-electron chi connectivity index (χ0n) is 10.7. The Morgan fingerprint density at radius 1 is 1.50 bits per heavy atom. The lowest BCUT2D eigenvalue weighted by Crippen LogP contribution is -2.36. The first-order chi connectivity index (χ1) is 8.60. The predicted molar refractivity (Wildman–Crippen MR) is 68.9 cm³/mol. The van der Waals surface area contributed by atoms with E-state index < -0.39 is 12.0 Å². The molecule has 0 aliphatic carbocycles. The van der Waals surface area contributed by atoms with Crippen LogP contribution in [0.2, 0.25) is 0 Å². The summed E-state index contributed by atoms with van der Waals surface area (Å²) >= 11 is 0. The molecular weight excluding hydrogens is 235 g/mol. The number of carbonyl (C=O) groups is 1. The van der Waals surface area contributed by atoms with E-state index in [2.05, 4.69) is 4.74 Å². The van der Waals surface area contributed by atoms with E-state index in [1.165, 1.54) is 13.2 Å². The van der Waals surface area contributed by atoms with Crippen molar-refractivity contribution in [2.75, 3.05) is 25.1 Å². The van der Waals surface area contributed by atoms with Gasteiger partial charge in [0.2, 0.25) is 0 Å². The number of methoxy groups -OCH3 is 1. The highest BCUT2D eigenvalue weighted by atomic mass is 19.1. The smallest absolute Gasteiger partial charge is 0.322 e. The average molecular weight is 254 g/mol. The van der Waals surface area contributed by atoms with Gasteiger partial charge in [0.1, 0.15) is 11.9 Å². The van der Waals surface area contributed by atoms with E-state index >= 15 is 0 Å². The molecule has 1 unspecified atom stereocenters. The van der Waals surface area contributed by atoms with Crippen LogP contribution in [0, 0.1) is 5.82 Å². The lowest BCUT2D eigenvalue weighted by atomic mass is 10.2. The Labute approximate surface area is 107 Å². The van der Waals surface area contributed by atoms with Crippen LogP contribution in [-0.4, -0.2) is 32.2 Å². The number of halogens is 1. The number of nitrogens with zero attached hydrogens (tertiary/aromatic N) is 1. The second kappa shape index (κ2) is 6.96. The van der Waals surface area contributed by atoms with Crippen molar-refractivity contribution < 1.29 is 13.9 Å². The fraction of sp³-hybridized carbons (Fsp3) is 0.462. The van der Waals surface area contributed by atoms with E-state index in [0.717, 1.165) is 0 Å². The number of esters is 1. The number of carbonyl (C=O) groups excluding carboxylic acids is 1. The van der Waals surface area contributed by atoms with E-state index in [9.17, 15) is 9.18 Å². The van der Waals surface area contributed by atoms with E-state index in [-0.39, 0.29) is 5.82 Å². The van der Waals surface area contributed by atoms with Crippen LogP contribution in [0.15, 0.2) is 24.3 Å². The summed E-state index contributed by atoms with van der Waals surface area (Å²) in [6.07, 6.45) is 0.425. The topological polar surface area (TPSA) is 55.6 Å². The molecule has 0 radical (unpaired) electrons. The number of para-hydroxylation sites is 1. The van der Waals surface area contributed by atoms with Crippen LogP contribution in [0.3, 0.4) is 0 Å². The minimum atomic E-state index is -0.671. The summed E-state index contributed by atoms with van der Waals surface area (Å²) in [5, 5.41) is 0. The molecule has 0 amide bonds. The van der Waals surface area contributed by atoms with Crippen molar-refractivity contribution in [1.29, 1.82) is 0 Å². The van der Waals surface area contributed by atoms with Gasteiger partial charge in [0.15, 0.2) is 0 Å². The lowest BCUT2D eigenvalue weighted by molar-refractivity contribution is -0.142. The van der Waals surface area contributed by atoms with Gasteiger partial charge in [-0.3, -0.25) is 4.79 Å². The van der Waals surface area contributed by atoms with E-state index in [1.54, 1.807) is 18.2 Å². The normalized spacial score (nSPS) is 12.0. The summed E-state index contributed by atoms with van der Waals surface area (Å²) in [4.78, 5) is 13.0. The molecule has 100 valence electrons. The van der Waals surface area contributed by atoms with E-state index in [0.29, 0.717) is 25.2 Å². The summed E-state index contributed by atoms with van der Waals surface area (Å²) in [6, 6.07) is 5.88. The number of ether oxygens (including phenoxy) is 1. The van der Waals surface area contributed by atoms with Crippen molar-refractivity contribution in [2.24, 2.45) is 5.73 Å². The molecule has 0 aliphatic rings. The van der Waals surface area contributed by atoms with Crippen LogP contribution in [0.4, 0.5) is 10.1 Å². The van der Waals surface area contributed by atoms with Crippen molar-refractivity contribution in [3.8, 4) is 0 Å². The molecule has 0 heterocycles. The molecule has 5 heteroatoms. The number of benzene rings is 1. The number of nitrogens with two attached hydrogens (primary N) is 1. The first-order valence-corrected chi connectivity index (χ1v) is 5.93. The highest BCUT2D eigenvalue weighted by Crippen LogP contribution is 2.18. The fourth-order valence-electron chi connectivity index (χ4n) is 1.72. The number of hydrogen-bond acceptors (Lipinski definition) is 4. The molecule has 1 atom stereocenters. The van der Waals surface area contributed by atoms with Gasteiger partial charge in [-0.2, -0.15) is 0 Å². The van der Waals surface area contributed by atoms with Crippen molar-refractivity contribution >= 4 is 11.7 Å². The van der Waals surface area contributed by atoms with E-state index in [4.69, 9.17) is 5.73 Å². The van der Waals surface area contributed by atoms with Gasteiger partial charge in [0.25, 0.3) is 0 Å². The quantitative estimate of drug-likeness (QED) is 0.782. The Balaban J connectivity index is 2.63. The molecule has 1 rings (SSSR count). The summed E-state index contributed by atoms with van der Waals surface area (Å²) in [5.41, 5.74) is 6.18. The largest absolute Gasteiger partial charge is 0.468 e. The molecule has 2 N–H and O–H groups in total. The molecule has 0 saturated heterocycles. The van der Waals surface area contributed by atoms with Crippen LogP contribution < -0.4 is 10.6 Å². The van der Waals surface area contributed by atoms with Gasteiger partial charge in [-0.15, -0.1) is 0 Å². The second-order valence-electron chi connectivity index (χ2n) is 3.95. The molecular formula is C13H19FN2O2. The maximum Gasteiger partial charge on any atom is 0.322 e. The van der Waals surface area contributed by atoms with Crippen LogP contribution in [0.5, 0.6) is 0 Å². The summed E-state index contributed by atoms with van der Waals surface area (Å²) in [7, 11) is 1.30. The van der Waals surface area contributed by atoms with Crippen molar-refractivity contribution in [2.45, 2.75) is 19.4 Å². The second-order valence-corrected chi connectivity index (χ2v) is 3.95. The van der Waals surface area contributed by atoms with Gasteiger partial charge in [-0.05, 0) is 25.5 Å². The third-order valence-electron chi connectivity index (χ3n) is 2.79. The minimum absolute atomic E-state index is 0.272. The Kier molecular flexibility index (Phi) is 5.58. The van der Waals surface area contributed by atoms with Gasteiger partial charge < -0.3 is 15.4 Å². The molecule has 18 heavy (non-hydrogen) atoms. The van der Waals surface area contributed by atoms with Gasteiger partial charge in [0, 0.05) is 13.1 Å². The summed E-state index contributed by atoms with van der Waals surface area (Å²) in [6.45, 7) is 3.08. The van der Waals surface area contributed by atoms with Crippen molar-refractivity contribution in [3.05, 3.63) is 30.1 Å². The predicted octanol–water partition coefficient (Wildman–Crippen LogP) is 1.54. The van der Waals surface area contributed by atoms with Gasteiger partial charge in [-0.1, -0.05) is 12.1 Å². The van der Waals surface area contributed by atoms with Crippen LogP contribution in [-0.2, 0) is 9.53 Å². The summed E-state index contributed by atoms with van der Waals surface area (Å²) < 4.78 is 18.2. The maximum atomic E-state index is 13.6. The molecule has 0 aliphatic heterocycles. The van der Waals surface area contributed by atoms with Crippen LogP contribution >= 0.6 is 0 Å². The van der Waals surface area contributed by atoms with Gasteiger partial charge in [-0.25, -0.2) is 4.39 Å². The Bertz CT molecular complexity index is 398. The SMILES string of the molecule is CCN(CCC(N)C(=O)OC)c1ccccc1F. The molecule has 0 fully saturated rings. The van der Waals surface area contributed by atoms with Crippen LogP contribution in [0.25, 0.3) is 0 Å². The maximum absolute atomic E-state index is 13.6. The first-order valence-electron chi connectivity index (χ1n) is 5.93. The van der Waals surface area contributed by atoms with Gasteiger partial charge >= 0.3 is 5.97 Å². The average Bonchev–Trinajstić information content (AvgIpc) is 2.40. The number of hydrogen-bond donors (Lipinski definition) is 1. The standard InChI is InChI=1S/C13H19FN2O2/c1-3-16(9-8-11(15)13(17)18-2)12-7-5-4-6-10(12)14/h4-7,11H,3,8-9,15H2,1-2H3. The molecule has 0 saturated carbocycles. The highest BCUT2D eigenvalue weighted by Gasteiger charge is 2.16. The first kappa shape index (κ1) is 14.4. The number of rotatable bonds is 6. The summed E-state index contributed by atoms with van der Waals surface area (Å²) in [5.74, 6) is -0.717. The molecule has 1 aromatic rings. The lowest BCUT2D eigenvalue weighted by Gasteiger charge is -2.24. The Hall–Kier alpha value is -1.62. The third kappa shape index (κ3) is 3.70. The van der Waals surface area contributed by atoms with Crippen molar-refractivity contribution in [1.82, 2.24) is 0 Å². The third-order valence-corrected chi connectivity index (χ3v) is 2.79.